The number of carbonyl (C=O) groups is 2. The fraction of sp³-hybridized carbons (Fsp3) is 0.714. The monoisotopic (exact) mass is 768 g/mol. The maximum atomic E-state index is 12.3. The summed E-state index contributed by atoms with van der Waals surface area (Å²) in [6.45, 7) is 2.01. The summed E-state index contributed by atoms with van der Waals surface area (Å²) in [5.41, 5.74) is 0. The van der Waals surface area contributed by atoms with Crippen molar-refractivity contribution in [1.29, 1.82) is 0 Å². The molecule has 0 aromatic heterocycles. The summed E-state index contributed by atoms with van der Waals surface area (Å²) in [5.74, 6) is -1.06. The van der Waals surface area contributed by atoms with Crippen LogP contribution in [0.1, 0.15) is 155 Å². The van der Waals surface area contributed by atoms with Crippen molar-refractivity contribution in [2.45, 2.75) is 167 Å². The highest BCUT2D eigenvalue weighted by Gasteiger charge is 2.27. The van der Waals surface area contributed by atoms with Gasteiger partial charge in [0, 0.05) is 12.8 Å². The Kier molecular flexibility index (Phi) is 36.3. The molecule has 3 atom stereocenters. The first-order chi connectivity index (χ1) is 25.8. The fourth-order valence-corrected chi connectivity index (χ4v) is 5.88. The number of phosphoric ester groups is 1. The first-order valence-corrected chi connectivity index (χ1v) is 21.7. The van der Waals surface area contributed by atoms with Gasteiger partial charge >= 0.3 is 19.8 Å². The standard InChI is InChI=1S/C42H73O10P/c1-3-5-7-9-11-13-15-17-19-21-23-25-27-29-31-33-41(45)51-39(35-43)37-49-53(47,48)50-38-40(36-44)52-42(46)34-32-30-28-26-24-22-20-18-16-14-12-10-8-6-4-2/h5,7,11-14,17-20,39-40,43-44H,3-4,6,8-10,15-16,21-38H2,1-2H3,(H,47,48)/b7-5-,13-11-,14-12-,19-17-,20-18-. The van der Waals surface area contributed by atoms with Gasteiger partial charge in [0.2, 0.25) is 0 Å². The van der Waals surface area contributed by atoms with Crippen molar-refractivity contribution in [1.82, 2.24) is 0 Å². The van der Waals surface area contributed by atoms with Crippen LogP contribution in [0.5, 0.6) is 0 Å². The van der Waals surface area contributed by atoms with Crippen molar-refractivity contribution in [2.24, 2.45) is 0 Å². The van der Waals surface area contributed by atoms with Crippen molar-refractivity contribution < 1.29 is 47.8 Å². The van der Waals surface area contributed by atoms with E-state index in [9.17, 15) is 29.3 Å². The summed E-state index contributed by atoms with van der Waals surface area (Å²) < 4.78 is 32.5. The Balaban J connectivity index is 4.01. The zero-order valence-corrected chi connectivity index (χ0v) is 33.9. The smallest absolute Gasteiger partial charge is 0.457 e. The first kappa shape index (κ1) is 50.7. The van der Waals surface area contributed by atoms with Gasteiger partial charge in [0.15, 0.2) is 0 Å². The van der Waals surface area contributed by atoms with Crippen LogP contribution in [-0.2, 0) is 32.7 Å². The van der Waals surface area contributed by atoms with Gasteiger partial charge in [-0.1, -0.05) is 126 Å². The third-order valence-corrected chi connectivity index (χ3v) is 9.16. The maximum Gasteiger partial charge on any atom is 0.472 e. The molecule has 3 unspecified atom stereocenters. The van der Waals surface area contributed by atoms with E-state index in [1.165, 1.54) is 19.3 Å². The van der Waals surface area contributed by atoms with E-state index in [2.05, 4.69) is 74.6 Å². The van der Waals surface area contributed by atoms with Crippen LogP contribution in [0.3, 0.4) is 0 Å². The highest BCUT2D eigenvalue weighted by Crippen LogP contribution is 2.43. The molecule has 0 aliphatic rings. The van der Waals surface area contributed by atoms with Gasteiger partial charge in [0.1, 0.15) is 12.2 Å². The van der Waals surface area contributed by atoms with Crippen LogP contribution in [-0.4, -0.2) is 65.7 Å². The van der Waals surface area contributed by atoms with E-state index in [1.807, 2.05) is 0 Å². The summed E-state index contributed by atoms with van der Waals surface area (Å²) >= 11 is 0. The lowest BCUT2D eigenvalue weighted by Gasteiger charge is -2.20. The first-order valence-electron chi connectivity index (χ1n) is 20.2. The number of carbonyl (C=O) groups excluding carboxylic acids is 2. The van der Waals surface area contributed by atoms with Crippen LogP contribution >= 0.6 is 7.82 Å². The molecule has 0 saturated carbocycles. The summed E-state index contributed by atoms with van der Waals surface area (Å²) in [5, 5.41) is 19.1. The molecule has 0 fully saturated rings. The molecular formula is C42H73O10P. The molecule has 53 heavy (non-hydrogen) atoms. The average molecular weight is 769 g/mol. The Morgan fingerprint density at radius 2 is 0.887 bits per heavy atom. The predicted molar refractivity (Wildman–Crippen MR) is 214 cm³/mol. The molecule has 0 radical (unpaired) electrons. The summed E-state index contributed by atoms with van der Waals surface area (Å²) in [6, 6.07) is 0. The van der Waals surface area contributed by atoms with Gasteiger partial charge < -0.3 is 24.6 Å². The number of hydrogen-bond donors (Lipinski definition) is 3. The van der Waals surface area contributed by atoms with Crippen LogP contribution in [0.25, 0.3) is 0 Å². The van der Waals surface area contributed by atoms with Crippen LogP contribution in [0.4, 0.5) is 0 Å². The summed E-state index contributed by atoms with van der Waals surface area (Å²) in [7, 11) is -4.64. The van der Waals surface area contributed by atoms with Gasteiger partial charge in [-0.05, 0) is 77.0 Å². The maximum absolute atomic E-state index is 12.3. The Labute approximate surface area is 321 Å². The topological polar surface area (TPSA) is 149 Å². The highest BCUT2D eigenvalue weighted by molar-refractivity contribution is 7.47. The number of esters is 2. The van der Waals surface area contributed by atoms with Gasteiger partial charge in [-0.15, -0.1) is 0 Å². The average Bonchev–Trinajstić information content (AvgIpc) is 3.14. The number of ether oxygens (including phenoxy) is 2. The van der Waals surface area contributed by atoms with E-state index in [0.29, 0.717) is 12.8 Å². The molecule has 3 N–H and O–H groups in total. The second-order valence-corrected chi connectivity index (χ2v) is 14.7. The SMILES string of the molecule is CC/C=C\C/C=C\C/C=C\CCCCCCCC(=O)OC(CO)COP(=O)(O)OCC(CO)OC(=O)CCCCCCC/C=C\C/C=C\CCCCC. The lowest BCUT2D eigenvalue weighted by Crippen LogP contribution is -2.28. The Bertz CT molecular complexity index is 1070. The molecule has 11 heteroatoms. The zero-order valence-electron chi connectivity index (χ0n) is 33.0. The number of aliphatic hydroxyl groups excluding tert-OH is 2. The largest absolute Gasteiger partial charge is 0.472 e. The molecule has 0 spiro atoms. The number of unbranched alkanes of at least 4 members (excludes halogenated alkanes) is 13. The van der Waals surface area contributed by atoms with Crippen LogP contribution in [0.2, 0.25) is 0 Å². The van der Waals surface area contributed by atoms with Gasteiger partial charge in [0.05, 0.1) is 26.4 Å². The molecule has 0 rings (SSSR count). The molecule has 0 bridgehead atoms. The molecule has 10 nitrogen and oxygen atoms in total. The Morgan fingerprint density at radius 1 is 0.528 bits per heavy atom. The number of phosphoric acid groups is 1. The third-order valence-electron chi connectivity index (χ3n) is 8.21. The van der Waals surface area contributed by atoms with Crippen molar-refractivity contribution in [3.63, 3.8) is 0 Å². The number of allylic oxidation sites excluding steroid dienone is 10. The minimum Gasteiger partial charge on any atom is -0.457 e. The molecule has 0 aliphatic carbocycles. The van der Waals surface area contributed by atoms with Crippen LogP contribution in [0, 0.1) is 0 Å². The Hall–Kier alpha value is -2.33. The minimum absolute atomic E-state index is 0.169. The van der Waals surface area contributed by atoms with E-state index in [-0.39, 0.29) is 12.8 Å². The van der Waals surface area contributed by atoms with Crippen LogP contribution < -0.4 is 0 Å². The molecule has 0 aromatic carbocycles. The van der Waals surface area contributed by atoms with E-state index >= 15 is 0 Å². The van der Waals surface area contributed by atoms with Crippen LogP contribution in [0.15, 0.2) is 60.8 Å². The predicted octanol–water partition coefficient (Wildman–Crippen LogP) is 10.3. The molecule has 0 saturated heterocycles. The van der Waals surface area contributed by atoms with Gasteiger partial charge in [-0.25, -0.2) is 4.57 Å². The molecule has 306 valence electrons. The molecule has 0 aliphatic heterocycles. The minimum atomic E-state index is -4.64. The second kappa shape index (κ2) is 38.0. The normalized spacial score (nSPS) is 14.6. The van der Waals surface area contributed by atoms with E-state index in [4.69, 9.17) is 18.5 Å². The van der Waals surface area contributed by atoms with Crippen molar-refractivity contribution >= 4 is 19.8 Å². The number of rotatable bonds is 37. The summed E-state index contributed by atoms with van der Waals surface area (Å²) in [6.07, 6.45) is 40.5. The molecular weight excluding hydrogens is 695 g/mol. The second-order valence-electron chi connectivity index (χ2n) is 13.2. The van der Waals surface area contributed by atoms with Crippen molar-refractivity contribution in [3.8, 4) is 0 Å². The molecule has 0 heterocycles. The molecule has 0 aromatic rings. The van der Waals surface area contributed by atoms with Gasteiger partial charge in [-0.3, -0.25) is 18.6 Å². The highest BCUT2D eigenvalue weighted by atomic mass is 31.2. The molecule has 0 amide bonds. The zero-order chi connectivity index (χ0) is 39.1. The lowest BCUT2D eigenvalue weighted by atomic mass is 10.1. The van der Waals surface area contributed by atoms with E-state index in [1.54, 1.807) is 0 Å². The van der Waals surface area contributed by atoms with Gasteiger partial charge in [0.25, 0.3) is 0 Å². The number of hydrogen-bond acceptors (Lipinski definition) is 9. The number of aliphatic hydroxyl groups is 2. The Morgan fingerprint density at radius 3 is 1.28 bits per heavy atom. The van der Waals surface area contributed by atoms with E-state index in [0.717, 1.165) is 96.3 Å². The summed E-state index contributed by atoms with van der Waals surface area (Å²) in [4.78, 5) is 34.4. The third kappa shape index (κ3) is 36.4. The van der Waals surface area contributed by atoms with Gasteiger partial charge in [-0.2, -0.15) is 0 Å². The van der Waals surface area contributed by atoms with Crippen molar-refractivity contribution in [3.05, 3.63) is 60.8 Å². The fourth-order valence-electron chi connectivity index (χ4n) is 5.10. The van der Waals surface area contributed by atoms with E-state index < -0.39 is 58.4 Å². The van der Waals surface area contributed by atoms with Crippen molar-refractivity contribution in [2.75, 3.05) is 26.4 Å². The quantitative estimate of drug-likeness (QED) is 0.0241. The lowest BCUT2D eigenvalue weighted by molar-refractivity contribution is -0.153.